The van der Waals surface area contributed by atoms with E-state index in [1.807, 2.05) is 0 Å². The first-order valence-corrected chi connectivity index (χ1v) is 8.19. The van der Waals surface area contributed by atoms with E-state index >= 15 is 0 Å². The van der Waals surface area contributed by atoms with Crippen molar-refractivity contribution in [1.82, 2.24) is 14.8 Å². The van der Waals surface area contributed by atoms with Crippen LogP contribution in [-0.4, -0.2) is 45.4 Å². The second-order valence-electron chi connectivity index (χ2n) is 5.85. The summed E-state index contributed by atoms with van der Waals surface area (Å²) in [6.07, 6.45) is 1.72. The van der Waals surface area contributed by atoms with Gasteiger partial charge >= 0.3 is 0 Å². The molecule has 0 bridgehead atoms. The minimum Gasteiger partial charge on any atom is -0.391 e. The first-order chi connectivity index (χ1) is 8.55. The Morgan fingerprint density at radius 2 is 2.00 bits per heavy atom. The van der Waals surface area contributed by atoms with Crippen LogP contribution in [0.1, 0.15) is 33.5 Å². The summed E-state index contributed by atoms with van der Waals surface area (Å²) in [6.45, 7) is 7.86. The zero-order valence-corrected chi connectivity index (χ0v) is 13.0. The average Bonchev–Trinajstić information content (AvgIpc) is 2.63. The van der Waals surface area contributed by atoms with Crippen LogP contribution in [-0.2, 0) is 22.8 Å². The smallest absolute Gasteiger partial charge is 0.155 e. The molecule has 1 heterocycles. The third kappa shape index (κ3) is 3.76. The second-order valence-corrected chi connectivity index (χ2v) is 8.44. The standard InChI is InChI=1S/C12H23N3O3S/c1-9(2)7-15-11(13-8-14-15)6-10(16)12(3,4)19(5,17)18/h8-10,16H,6-7H2,1-5H3. The molecule has 1 atom stereocenters. The SMILES string of the molecule is CC(C)Cn1ncnc1CC(O)C(C)(C)S(C)(=O)=O. The van der Waals surface area contributed by atoms with Crippen molar-refractivity contribution >= 4 is 9.84 Å². The summed E-state index contributed by atoms with van der Waals surface area (Å²) in [5, 5.41) is 14.3. The molecule has 0 aliphatic heterocycles. The van der Waals surface area contributed by atoms with E-state index < -0.39 is 20.7 Å². The van der Waals surface area contributed by atoms with E-state index in [0.29, 0.717) is 18.3 Å². The van der Waals surface area contributed by atoms with Crippen molar-refractivity contribution < 1.29 is 13.5 Å². The summed E-state index contributed by atoms with van der Waals surface area (Å²) in [4.78, 5) is 4.10. The molecule has 1 unspecified atom stereocenters. The Morgan fingerprint density at radius 3 is 2.47 bits per heavy atom. The van der Waals surface area contributed by atoms with Crippen molar-refractivity contribution in [2.24, 2.45) is 5.92 Å². The van der Waals surface area contributed by atoms with Crippen LogP contribution in [0, 0.1) is 5.92 Å². The fraction of sp³-hybridized carbons (Fsp3) is 0.833. The molecule has 0 radical (unpaired) electrons. The number of hydrogen-bond acceptors (Lipinski definition) is 5. The van der Waals surface area contributed by atoms with E-state index in [1.54, 1.807) is 4.68 Å². The van der Waals surface area contributed by atoms with Crippen molar-refractivity contribution in [3.63, 3.8) is 0 Å². The van der Waals surface area contributed by atoms with Gasteiger partial charge in [-0.2, -0.15) is 5.10 Å². The van der Waals surface area contributed by atoms with Crippen LogP contribution in [0.5, 0.6) is 0 Å². The van der Waals surface area contributed by atoms with Crippen LogP contribution >= 0.6 is 0 Å². The summed E-state index contributed by atoms with van der Waals surface area (Å²) < 4.78 is 23.9. The predicted molar refractivity (Wildman–Crippen MR) is 73.5 cm³/mol. The van der Waals surface area contributed by atoms with E-state index in [-0.39, 0.29) is 6.42 Å². The monoisotopic (exact) mass is 289 g/mol. The Morgan fingerprint density at radius 1 is 1.42 bits per heavy atom. The molecule has 6 nitrogen and oxygen atoms in total. The van der Waals surface area contributed by atoms with Gasteiger partial charge in [0.2, 0.25) is 0 Å². The molecule has 1 rings (SSSR count). The number of hydrogen-bond donors (Lipinski definition) is 1. The number of nitrogens with zero attached hydrogens (tertiary/aromatic N) is 3. The Hall–Kier alpha value is -0.950. The van der Waals surface area contributed by atoms with Crippen LogP contribution in [0.15, 0.2) is 6.33 Å². The van der Waals surface area contributed by atoms with Gasteiger partial charge in [0.1, 0.15) is 12.2 Å². The fourth-order valence-electron chi connectivity index (χ4n) is 1.61. The lowest BCUT2D eigenvalue weighted by atomic mass is 10.0. The van der Waals surface area contributed by atoms with Crippen LogP contribution in [0.25, 0.3) is 0 Å². The van der Waals surface area contributed by atoms with Gasteiger partial charge in [-0.25, -0.2) is 18.1 Å². The van der Waals surface area contributed by atoms with E-state index in [0.717, 1.165) is 6.26 Å². The van der Waals surface area contributed by atoms with Gasteiger partial charge in [-0.3, -0.25) is 0 Å². The average molecular weight is 289 g/mol. The zero-order valence-electron chi connectivity index (χ0n) is 12.2. The molecule has 0 saturated heterocycles. The van der Waals surface area contributed by atoms with Crippen molar-refractivity contribution in [2.45, 2.75) is 51.5 Å². The van der Waals surface area contributed by atoms with Gasteiger partial charge in [-0.1, -0.05) is 13.8 Å². The summed E-state index contributed by atoms with van der Waals surface area (Å²) in [5.74, 6) is 1.01. The Balaban J connectivity index is 2.89. The number of aliphatic hydroxyl groups is 1. The molecular formula is C12H23N3O3S. The van der Waals surface area contributed by atoms with E-state index in [9.17, 15) is 13.5 Å². The minimum atomic E-state index is -3.35. The maximum atomic E-state index is 11.7. The highest BCUT2D eigenvalue weighted by atomic mass is 32.2. The fourth-order valence-corrected chi connectivity index (χ4v) is 2.19. The third-order valence-electron chi connectivity index (χ3n) is 3.37. The summed E-state index contributed by atoms with van der Waals surface area (Å²) in [7, 11) is -3.35. The van der Waals surface area contributed by atoms with Crippen LogP contribution in [0.2, 0.25) is 0 Å². The predicted octanol–water partition coefficient (Wildman–Crippen LogP) is 0.661. The maximum absolute atomic E-state index is 11.7. The number of sulfone groups is 1. The number of aromatic nitrogens is 3. The molecule has 0 aromatic carbocycles. The number of aliphatic hydroxyl groups excluding tert-OH is 1. The highest BCUT2D eigenvalue weighted by molar-refractivity contribution is 7.92. The largest absolute Gasteiger partial charge is 0.391 e. The lowest BCUT2D eigenvalue weighted by Gasteiger charge is -2.28. The van der Waals surface area contributed by atoms with E-state index in [1.165, 1.54) is 20.2 Å². The third-order valence-corrected chi connectivity index (χ3v) is 5.55. The molecule has 0 aliphatic carbocycles. The van der Waals surface area contributed by atoms with Gasteiger partial charge in [-0.05, 0) is 19.8 Å². The molecule has 1 aromatic rings. The van der Waals surface area contributed by atoms with Crippen molar-refractivity contribution in [3.8, 4) is 0 Å². The quantitative estimate of drug-likeness (QED) is 0.831. The first-order valence-electron chi connectivity index (χ1n) is 6.30. The molecule has 7 heteroatoms. The Labute approximate surface area is 114 Å². The van der Waals surface area contributed by atoms with Gasteiger partial charge in [-0.15, -0.1) is 0 Å². The van der Waals surface area contributed by atoms with Crippen molar-refractivity contribution in [3.05, 3.63) is 12.2 Å². The van der Waals surface area contributed by atoms with E-state index in [2.05, 4.69) is 23.9 Å². The molecule has 0 aliphatic rings. The van der Waals surface area contributed by atoms with Gasteiger partial charge in [0.15, 0.2) is 9.84 Å². The first kappa shape index (κ1) is 16.1. The molecule has 19 heavy (non-hydrogen) atoms. The molecule has 0 saturated carbocycles. The van der Waals surface area contributed by atoms with Crippen molar-refractivity contribution in [1.29, 1.82) is 0 Å². The molecule has 0 spiro atoms. The van der Waals surface area contributed by atoms with Gasteiger partial charge in [0.25, 0.3) is 0 Å². The van der Waals surface area contributed by atoms with Crippen LogP contribution < -0.4 is 0 Å². The lowest BCUT2D eigenvalue weighted by molar-refractivity contribution is 0.134. The van der Waals surface area contributed by atoms with Crippen molar-refractivity contribution in [2.75, 3.05) is 6.26 Å². The Bertz CT molecular complexity index is 520. The molecule has 1 N–H and O–H groups in total. The minimum absolute atomic E-state index is 0.173. The second kappa shape index (κ2) is 5.58. The normalized spacial score (nSPS) is 14.9. The van der Waals surface area contributed by atoms with Crippen LogP contribution in [0.3, 0.4) is 0 Å². The molecule has 0 amide bonds. The van der Waals surface area contributed by atoms with Gasteiger partial charge in [0.05, 0.1) is 10.9 Å². The summed E-state index contributed by atoms with van der Waals surface area (Å²) in [6, 6.07) is 0. The maximum Gasteiger partial charge on any atom is 0.155 e. The van der Waals surface area contributed by atoms with Gasteiger partial charge in [0, 0.05) is 19.2 Å². The summed E-state index contributed by atoms with van der Waals surface area (Å²) in [5.41, 5.74) is 0. The van der Waals surface area contributed by atoms with Crippen LogP contribution in [0.4, 0.5) is 0 Å². The lowest BCUT2D eigenvalue weighted by Crippen LogP contribution is -2.45. The van der Waals surface area contributed by atoms with Gasteiger partial charge < -0.3 is 5.11 Å². The topological polar surface area (TPSA) is 85.1 Å². The highest BCUT2D eigenvalue weighted by Crippen LogP contribution is 2.22. The summed E-state index contributed by atoms with van der Waals surface area (Å²) >= 11 is 0. The molecule has 1 aromatic heterocycles. The highest BCUT2D eigenvalue weighted by Gasteiger charge is 2.38. The Kier molecular flexibility index (Phi) is 4.73. The zero-order chi connectivity index (χ0) is 14.8. The molecule has 110 valence electrons. The number of rotatable bonds is 6. The molecular weight excluding hydrogens is 266 g/mol. The van der Waals surface area contributed by atoms with E-state index in [4.69, 9.17) is 0 Å². The molecule has 0 fully saturated rings.